The number of nitrogens with zero attached hydrogens (tertiary/aromatic N) is 1. The van der Waals surface area contributed by atoms with E-state index in [-0.39, 0.29) is 0 Å². The molecule has 3 nitrogen and oxygen atoms in total. The highest BCUT2D eigenvalue weighted by Crippen LogP contribution is 2.32. The van der Waals surface area contributed by atoms with Crippen LogP contribution in [0.25, 0.3) is 10.9 Å². The zero-order valence-electron chi connectivity index (χ0n) is 10.4. The monoisotopic (exact) mass is 347 g/mol. The van der Waals surface area contributed by atoms with Crippen molar-refractivity contribution in [2.24, 2.45) is 0 Å². The summed E-state index contributed by atoms with van der Waals surface area (Å²) in [5.74, 6) is 0. The van der Waals surface area contributed by atoms with Crippen molar-refractivity contribution < 1.29 is 0 Å². The first kappa shape index (κ1) is 13.2. The van der Waals surface area contributed by atoms with Crippen molar-refractivity contribution in [3.8, 4) is 0 Å². The molecule has 1 aromatic heterocycles. The van der Waals surface area contributed by atoms with Gasteiger partial charge in [-0.2, -0.15) is 0 Å². The van der Waals surface area contributed by atoms with Gasteiger partial charge in [0.05, 0.1) is 21.9 Å². The highest BCUT2D eigenvalue weighted by molar-refractivity contribution is 9.10. The molecule has 1 heterocycles. The second kappa shape index (κ2) is 5.31. The number of aromatic nitrogens is 1. The van der Waals surface area contributed by atoms with Crippen LogP contribution in [0.4, 0.5) is 17.1 Å². The van der Waals surface area contributed by atoms with E-state index < -0.39 is 0 Å². The van der Waals surface area contributed by atoms with Crippen LogP contribution in [0.3, 0.4) is 0 Å². The van der Waals surface area contributed by atoms with Crippen molar-refractivity contribution in [3.05, 3.63) is 58.2 Å². The lowest BCUT2D eigenvalue weighted by Crippen LogP contribution is -1.95. The molecule has 0 bridgehead atoms. The number of nitrogens with one attached hydrogen (secondary N) is 1. The van der Waals surface area contributed by atoms with Gasteiger partial charge in [-0.3, -0.25) is 4.98 Å². The predicted molar refractivity (Wildman–Crippen MR) is 88.6 cm³/mol. The molecular weight excluding hydrogens is 338 g/mol. The molecule has 0 aliphatic rings. The quantitative estimate of drug-likeness (QED) is 0.642. The smallest absolute Gasteiger partial charge is 0.0951 e. The summed E-state index contributed by atoms with van der Waals surface area (Å²) < 4.78 is 0.960. The second-order valence-electron chi connectivity index (χ2n) is 4.35. The van der Waals surface area contributed by atoms with Crippen molar-refractivity contribution in [1.82, 2.24) is 4.98 Å². The minimum absolute atomic E-state index is 0.655. The number of rotatable bonds is 2. The Bertz CT molecular complexity index is 789. The standard InChI is InChI=1S/C15H11BrClN3/c16-9-4-5-11(17)14(8-9)20-13-6-7-19-15-10(13)2-1-3-12(15)18/h1-8H,18H2,(H,19,20). The third-order valence-electron chi connectivity index (χ3n) is 3.00. The molecule has 0 amide bonds. The third-order valence-corrected chi connectivity index (χ3v) is 3.82. The molecule has 0 saturated carbocycles. The van der Waals surface area contributed by atoms with Crippen LogP contribution >= 0.6 is 27.5 Å². The molecular formula is C15H11BrClN3. The number of hydrogen-bond acceptors (Lipinski definition) is 3. The normalized spacial score (nSPS) is 10.7. The number of nitrogens with two attached hydrogens (primary N) is 1. The van der Waals surface area contributed by atoms with E-state index in [9.17, 15) is 0 Å². The first-order valence-electron chi connectivity index (χ1n) is 6.00. The number of fused-ring (bicyclic) bond motifs is 1. The van der Waals surface area contributed by atoms with E-state index in [1.54, 1.807) is 6.20 Å². The van der Waals surface area contributed by atoms with Gasteiger partial charge in [-0.1, -0.05) is 39.7 Å². The number of para-hydroxylation sites is 1. The Morgan fingerprint density at radius 3 is 2.80 bits per heavy atom. The number of nitrogen functional groups attached to an aromatic ring is 1. The minimum Gasteiger partial charge on any atom is -0.397 e. The van der Waals surface area contributed by atoms with E-state index in [4.69, 9.17) is 17.3 Å². The number of hydrogen-bond donors (Lipinski definition) is 2. The minimum atomic E-state index is 0.655. The van der Waals surface area contributed by atoms with E-state index in [0.717, 1.165) is 26.8 Å². The van der Waals surface area contributed by atoms with Gasteiger partial charge >= 0.3 is 0 Å². The maximum absolute atomic E-state index is 6.20. The molecule has 0 aliphatic heterocycles. The average molecular weight is 349 g/mol. The van der Waals surface area contributed by atoms with E-state index in [1.165, 1.54) is 0 Å². The zero-order valence-corrected chi connectivity index (χ0v) is 12.7. The summed E-state index contributed by atoms with van der Waals surface area (Å²) in [4.78, 5) is 4.32. The molecule has 20 heavy (non-hydrogen) atoms. The van der Waals surface area contributed by atoms with Crippen LogP contribution in [0, 0.1) is 0 Å². The Hall–Kier alpha value is -1.78. The van der Waals surface area contributed by atoms with Crippen LogP contribution in [0.2, 0.25) is 5.02 Å². The SMILES string of the molecule is Nc1cccc2c(Nc3cc(Br)ccc3Cl)ccnc12. The lowest BCUT2D eigenvalue weighted by atomic mass is 10.1. The molecule has 0 atom stereocenters. The molecule has 3 aromatic rings. The van der Waals surface area contributed by atoms with Crippen molar-refractivity contribution in [1.29, 1.82) is 0 Å². The molecule has 5 heteroatoms. The summed E-state index contributed by atoms with van der Waals surface area (Å²) in [7, 11) is 0. The molecule has 2 aromatic carbocycles. The van der Waals surface area contributed by atoms with Crippen molar-refractivity contribution in [2.75, 3.05) is 11.1 Å². The lowest BCUT2D eigenvalue weighted by molar-refractivity contribution is 1.40. The highest BCUT2D eigenvalue weighted by Gasteiger charge is 2.07. The van der Waals surface area contributed by atoms with Crippen LogP contribution in [-0.4, -0.2) is 4.98 Å². The Balaban J connectivity index is 2.11. The van der Waals surface area contributed by atoms with Gasteiger partial charge in [0.15, 0.2) is 0 Å². The summed E-state index contributed by atoms with van der Waals surface area (Å²) in [5, 5.41) is 4.94. The molecule has 0 unspecified atom stereocenters. The first-order chi connectivity index (χ1) is 9.65. The fourth-order valence-electron chi connectivity index (χ4n) is 2.05. The molecule has 3 rings (SSSR count). The van der Waals surface area contributed by atoms with Gasteiger partial charge in [0.2, 0.25) is 0 Å². The van der Waals surface area contributed by atoms with Gasteiger partial charge in [0.25, 0.3) is 0 Å². The number of anilines is 3. The van der Waals surface area contributed by atoms with Gasteiger partial charge in [-0.25, -0.2) is 0 Å². The van der Waals surface area contributed by atoms with Gasteiger partial charge < -0.3 is 11.1 Å². The molecule has 0 saturated heterocycles. The molecule has 3 N–H and O–H groups in total. The molecule has 0 aliphatic carbocycles. The lowest BCUT2D eigenvalue weighted by Gasteiger charge is -2.12. The Morgan fingerprint density at radius 2 is 1.95 bits per heavy atom. The molecule has 100 valence electrons. The van der Waals surface area contributed by atoms with E-state index in [0.29, 0.717) is 10.7 Å². The van der Waals surface area contributed by atoms with Gasteiger partial charge in [0.1, 0.15) is 0 Å². The number of pyridine rings is 1. The zero-order chi connectivity index (χ0) is 14.1. The van der Waals surface area contributed by atoms with E-state index in [1.807, 2.05) is 42.5 Å². The molecule has 0 radical (unpaired) electrons. The summed E-state index contributed by atoms with van der Waals surface area (Å²) in [6.07, 6.45) is 1.73. The van der Waals surface area contributed by atoms with Crippen molar-refractivity contribution in [3.63, 3.8) is 0 Å². The van der Waals surface area contributed by atoms with Crippen molar-refractivity contribution in [2.45, 2.75) is 0 Å². The fraction of sp³-hybridized carbons (Fsp3) is 0. The predicted octanol–water partition coefficient (Wildman–Crippen LogP) is 4.98. The summed E-state index contributed by atoms with van der Waals surface area (Å²) in [5.41, 5.74) is 9.14. The summed E-state index contributed by atoms with van der Waals surface area (Å²) in [6.45, 7) is 0. The van der Waals surface area contributed by atoms with Gasteiger partial charge in [0, 0.05) is 21.7 Å². The van der Waals surface area contributed by atoms with E-state index >= 15 is 0 Å². The summed E-state index contributed by atoms with van der Waals surface area (Å²) in [6, 6.07) is 13.3. The van der Waals surface area contributed by atoms with Crippen molar-refractivity contribution >= 4 is 55.5 Å². The Kier molecular flexibility index (Phi) is 3.51. The van der Waals surface area contributed by atoms with Crippen LogP contribution in [-0.2, 0) is 0 Å². The summed E-state index contributed by atoms with van der Waals surface area (Å²) >= 11 is 9.64. The van der Waals surface area contributed by atoms with Crippen LogP contribution < -0.4 is 11.1 Å². The first-order valence-corrected chi connectivity index (χ1v) is 7.17. The number of benzene rings is 2. The fourth-order valence-corrected chi connectivity index (χ4v) is 2.57. The maximum Gasteiger partial charge on any atom is 0.0951 e. The Labute approximate surface area is 129 Å². The Morgan fingerprint density at radius 1 is 1.10 bits per heavy atom. The second-order valence-corrected chi connectivity index (χ2v) is 5.67. The van der Waals surface area contributed by atoms with Gasteiger partial charge in [-0.15, -0.1) is 0 Å². The van der Waals surface area contributed by atoms with Crippen LogP contribution in [0.5, 0.6) is 0 Å². The van der Waals surface area contributed by atoms with Gasteiger partial charge in [-0.05, 0) is 30.3 Å². The average Bonchev–Trinajstić information content (AvgIpc) is 2.44. The van der Waals surface area contributed by atoms with Crippen LogP contribution in [0.1, 0.15) is 0 Å². The largest absolute Gasteiger partial charge is 0.397 e. The van der Waals surface area contributed by atoms with E-state index in [2.05, 4.69) is 26.2 Å². The third kappa shape index (κ3) is 2.44. The topological polar surface area (TPSA) is 50.9 Å². The van der Waals surface area contributed by atoms with Crippen LogP contribution in [0.15, 0.2) is 53.1 Å². The number of halogens is 2. The highest BCUT2D eigenvalue weighted by atomic mass is 79.9. The molecule has 0 spiro atoms. The maximum atomic E-state index is 6.20. The molecule has 0 fully saturated rings.